The number of ether oxygens (including phenoxy) is 1. The lowest BCUT2D eigenvalue weighted by Crippen LogP contribution is -1.94. The Morgan fingerprint density at radius 2 is 1.36 bits per heavy atom. The molecule has 0 heterocycles. The molecule has 0 spiro atoms. The Morgan fingerprint density at radius 1 is 0.909 bits per heavy atom. The molecule has 0 fully saturated rings. The molecule has 0 atom stereocenters. The Morgan fingerprint density at radius 3 is 1.73 bits per heavy atom. The maximum absolute atomic E-state index is 11.1. The van der Waals surface area contributed by atoms with E-state index in [1.807, 2.05) is 0 Å². The number of halogens is 2. The summed E-state index contributed by atoms with van der Waals surface area (Å²) < 4.78 is 27.2. The van der Waals surface area contributed by atoms with Gasteiger partial charge in [-0.05, 0) is 0 Å². The summed E-state index contributed by atoms with van der Waals surface area (Å²) in [6.07, 6.45) is 3.22. The molecule has 0 aromatic heterocycles. The zero-order valence-corrected chi connectivity index (χ0v) is 5.99. The summed E-state index contributed by atoms with van der Waals surface area (Å²) in [6.45, 7) is 0.732. The quantitative estimate of drug-likeness (QED) is 0.446. The molecule has 0 aliphatic rings. The summed E-state index contributed by atoms with van der Waals surface area (Å²) in [5.41, 5.74) is 0. The lowest BCUT2D eigenvalue weighted by molar-refractivity contribution is 0.146. The zero-order chi connectivity index (χ0) is 8.36. The Kier molecular flexibility index (Phi) is 8.08. The topological polar surface area (TPSA) is 9.23 Å². The molecule has 0 saturated heterocycles. The summed E-state index contributed by atoms with van der Waals surface area (Å²) >= 11 is 0. The van der Waals surface area contributed by atoms with Gasteiger partial charge in [-0.15, -0.1) is 8.78 Å². The molecule has 60 valence electrons. The normalized spacial score (nSPS) is 7.45. The predicted octanol–water partition coefficient (Wildman–Crippen LogP) is 1.64. The van der Waals surface area contributed by atoms with Gasteiger partial charge in [-0.25, -0.2) is 0 Å². The summed E-state index contributed by atoms with van der Waals surface area (Å²) in [5, 5.41) is 0. The minimum Gasteiger partial charge on any atom is -0.379 e. The standard InChI is InChI=1S/C8H8F2O/c9-5-1-3-7-11-8-4-2-6-10/h3-4,7-8H2. The fourth-order valence-corrected chi connectivity index (χ4v) is 0.443. The van der Waals surface area contributed by atoms with Gasteiger partial charge in [0.2, 0.25) is 0 Å². The van der Waals surface area contributed by atoms with Gasteiger partial charge < -0.3 is 4.74 Å². The minimum atomic E-state index is 0.361. The second-order valence-electron chi connectivity index (χ2n) is 1.65. The van der Waals surface area contributed by atoms with Crippen molar-refractivity contribution in [3.63, 3.8) is 0 Å². The molecular weight excluding hydrogens is 150 g/mol. The molecule has 0 saturated carbocycles. The molecule has 0 aromatic rings. The van der Waals surface area contributed by atoms with E-state index in [0.717, 1.165) is 0 Å². The first-order valence-corrected chi connectivity index (χ1v) is 3.16. The third-order valence-electron chi connectivity index (χ3n) is 0.876. The van der Waals surface area contributed by atoms with Gasteiger partial charge in [0.25, 0.3) is 0 Å². The van der Waals surface area contributed by atoms with Crippen LogP contribution in [0, 0.1) is 24.2 Å². The van der Waals surface area contributed by atoms with Gasteiger partial charge in [0.1, 0.15) is 12.3 Å². The summed E-state index contributed by atoms with van der Waals surface area (Å²) in [7, 11) is 0. The number of rotatable bonds is 4. The molecule has 0 aliphatic carbocycles. The van der Waals surface area contributed by atoms with Crippen LogP contribution in [0.5, 0.6) is 0 Å². The van der Waals surface area contributed by atoms with Gasteiger partial charge in [-0.3, -0.25) is 0 Å². The number of hydrogen-bond acceptors (Lipinski definition) is 1. The minimum absolute atomic E-state index is 0.361. The van der Waals surface area contributed by atoms with E-state index in [1.54, 1.807) is 0 Å². The van der Waals surface area contributed by atoms with Crippen LogP contribution < -0.4 is 0 Å². The zero-order valence-electron chi connectivity index (χ0n) is 5.99. The van der Waals surface area contributed by atoms with Gasteiger partial charge >= 0.3 is 0 Å². The average Bonchev–Trinajstić information content (AvgIpc) is 2.03. The van der Waals surface area contributed by atoms with Crippen molar-refractivity contribution < 1.29 is 13.5 Å². The molecule has 11 heavy (non-hydrogen) atoms. The van der Waals surface area contributed by atoms with Crippen molar-refractivity contribution in [2.24, 2.45) is 0 Å². The molecule has 0 rings (SSSR count). The molecule has 0 N–H and O–H groups in total. The van der Waals surface area contributed by atoms with Gasteiger partial charge in [-0.1, -0.05) is 11.8 Å². The van der Waals surface area contributed by atoms with Crippen LogP contribution in [-0.2, 0) is 4.74 Å². The highest BCUT2D eigenvalue weighted by Gasteiger charge is 1.83. The first kappa shape index (κ1) is 9.94. The van der Waals surface area contributed by atoms with Crippen molar-refractivity contribution in [3.8, 4) is 24.2 Å². The predicted molar refractivity (Wildman–Crippen MR) is 37.8 cm³/mol. The Bertz CT molecular complexity index is 170. The number of hydrogen-bond donors (Lipinski definition) is 0. The lowest BCUT2D eigenvalue weighted by Gasteiger charge is -1.94. The molecule has 3 heteroatoms. The fourth-order valence-electron chi connectivity index (χ4n) is 0.443. The van der Waals surface area contributed by atoms with Gasteiger partial charge in [0.15, 0.2) is 0 Å². The van der Waals surface area contributed by atoms with Crippen molar-refractivity contribution in [1.29, 1.82) is 0 Å². The molecule has 0 amide bonds. The molecule has 0 aromatic carbocycles. The van der Waals surface area contributed by atoms with E-state index in [4.69, 9.17) is 4.74 Å². The van der Waals surface area contributed by atoms with E-state index in [2.05, 4.69) is 11.8 Å². The molecule has 0 aliphatic heterocycles. The van der Waals surface area contributed by atoms with E-state index < -0.39 is 0 Å². The highest BCUT2D eigenvalue weighted by atomic mass is 19.1. The van der Waals surface area contributed by atoms with Gasteiger partial charge in [-0.2, -0.15) is 0 Å². The first-order valence-electron chi connectivity index (χ1n) is 3.16. The van der Waals surface area contributed by atoms with Crippen LogP contribution in [0.25, 0.3) is 0 Å². The van der Waals surface area contributed by atoms with Crippen molar-refractivity contribution >= 4 is 0 Å². The van der Waals surface area contributed by atoms with Gasteiger partial charge in [0.05, 0.1) is 13.2 Å². The molecule has 0 bridgehead atoms. The van der Waals surface area contributed by atoms with Crippen LogP contribution in [0.15, 0.2) is 0 Å². The third kappa shape index (κ3) is 8.94. The molecule has 0 radical (unpaired) electrons. The summed E-state index contributed by atoms with van der Waals surface area (Å²) in [5.74, 6) is 4.37. The van der Waals surface area contributed by atoms with E-state index in [-0.39, 0.29) is 0 Å². The monoisotopic (exact) mass is 158 g/mol. The van der Waals surface area contributed by atoms with Crippen molar-refractivity contribution in [1.82, 2.24) is 0 Å². The lowest BCUT2D eigenvalue weighted by atomic mass is 10.4. The van der Waals surface area contributed by atoms with E-state index in [1.165, 1.54) is 12.3 Å². The summed E-state index contributed by atoms with van der Waals surface area (Å²) in [6, 6.07) is 0. The van der Waals surface area contributed by atoms with E-state index >= 15 is 0 Å². The van der Waals surface area contributed by atoms with Crippen LogP contribution in [0.1, 0.15) is 12.8 Å². The smallest absolute Gasteiger partial charge is 0.105 e. The van der Waals surface area contributed by atoms with Crippen LogP contribution in [0.2, 0.25) is 0 Å². The van der Waals surface area contributed by atoms with Crippen molar-refractivity contribution in [2.45, 2.75) is 12.8 Å². The maximum atomic E-state index is 11.1. The second-order valence-corrected chi connectivity index (χ2v) is 1.65. The molecule has 1 nitrogen and oxygen atoms in total. The van der Waals surface area contributed by atoms with E-state index in [9.17, 15) is 8.78 Å². The van der Waals surface area contributed by atoms with Crippen LogP contribution in [0.4, 0.5) is 8.78 Å². The molecule has 0 unspecified atom stereocenters. The maximum Gasteiger partial charge on any atom is 0.105 e. The van der Waals surface area contributed by atoms with Gasteiger partial charge in [0, 0.05) is 12.8 Å². The van der Waals surface area contributed by atoms with Crippen LogP contribution in [0.3, 0.4) is 0 Å². The highest BCUT2D eigenvalue weighted by Crippen LogP contribution is 1.83. The molecular formula is C8H8F2O. The Labute approximate surface area is 64.7 Å². The van der Waals surface area contributed by atoms with Crippen molar-refractivity contribution in [3.05, 3.63) is 0 Å². The first-order chi connectivity index (χ1) is 5.41. The fraction of sp³-hybridized carbons (Fsp3) is 0.500. The van der Waals surface area contributed by atoms with Crippen molar-refractivity contribution in [2.75, 3.05) is 13.2 Å². The average molecular weight is 158 g/mol. The van der Waals surface area contributed by atoms with Crippen LogP contribution >= 0.6 is 0 Å². The highest BCUT2D eigenvalue weighted by molar-refractivity contribution is 4.90. The SMILES string of the molecule is FC#CCCOCCC#CF. The summed E-state index contributed by atoms with van der Waals surface area (Å²) in [4.78, 5) is 0. The Hall–Kier alpha value is -1.06. The largest absolute Gasteiger partial charge is 0.379 e. The van der Waals surface area contributed by atoms with Crippen LogP contribution in [-0.4, -0.2) is 13.2 Å². The van der Waals surface area contributed by atoms with E-state index in [0.29, 0.717) is 26.1 Å². The third-order valence-corrected chi connectivity index (χ3v) is 0.876. The second kappa shape index (κ2) is 8.94. The Balaban J connectivity index is 2.98.